The number of amides is 1. The van der Waals surface area contributed by atoms with Crippen molar-refractivity contribution in [3.8, 4) is 11.8 Å². The smallest absolute Gasteiger partial charge is 0.308 e. The number of anilines is 1. The van der Waals surface area contributed by atoms with Crippen molar-refractivity contribution in [2.45, 2.75) is 31.9 Å². The van der Waals surface area contributed by atoms with E-state index in [1.807, 2.05) is 48.5 Å². The molecule has 10 heteroatoms. The minimum Gasteiger partial charge on any atom is -0.545 e. The highest BCUT2D eigenvalue weighted by Crippen LogP contribution is 2.24. The molecule has 0 radical (unpaired) electrons. The molecule has 1 unspecified atom stereocenters. The Morgan fingerprint density at radius 2 is 1.83 bits per heavy atom. The SMILES string of the molecule is N#Cc1ccc(/C=C/C(=O)[O-])c(OCC(CC(=O)OCc2ccccc2)NC(=O)C2CCN(c3ccncc3)CC2)c1. The van der Waals surface area contributed by atoms with Gasteiger partial charge in [-0.3, -0.25) is 14.6 Å². The van der Waals surface area contributed by atoms with Crippen molar-refractivity contribution in [1.82, 2.24) is 10.3 Å². The van der Waals surface area contributed by atoms with Gasteiger partial charge >= 0.3 is 5.97 Å². The number of ether oxygens (including phenoxy) is 2. The first kappa shape index (κ1) is 29.8. The molecular weight excluding hydrogens is 536 g/mol. The average molecular weight is 568 g/mol. The highest BCUT2D eigenvalue weighted by Gasteiger charge is 2.28. The summed E-state index contributed by atoms with van der Waals surface area (Å²) in [6.07, 6.45) is 6.77. The second-order valence-electron chi connectivity index (χ2n) is 9.85. The molecule has 0 bridgehead atoms. The number of esters is 1. The van der Waals surface area contributed by atoms with Gasteiger partial charge in [0.05, 0.1) is 30.1 Å². The van der Waals surface area contributed by atoms with E-state index >= 15 is 0 Å². The van der Waals surface area contributed by atoms with Crippen LogP contribution in [0.2, 0.25) is 0 Å². The van der Waals surface area contributed by atoms with Gasteiger partial charge in [-0.15, -0.1) is 0 Å². The van der Waals surface area contributed by atoms with Crippen LogP contribution in [0.5, 0.6) is 5.75 Å². The van der Waals surface area contributed by atoms with Gasteiger partial charge in [-0.1, -0.05) is 30.3 Å². The summed E-state index contributed by atoms with van der Waals surface area (Å²) in [4.78, 5) is 43.3. The quantitative estimate of drug-likeness (QED) is 0.258. The van der Waals surface area contributed by atoms with E-state index in [9.17, 15) is 24.8 Å². The van der Waals surface area contributed by atoms with E-state index < -0.39 is 18.0 Å². The molecule has 3 aromatic rings. The monoisotopic (exact) mass is 567 g/mol. The highest BCUT2D eigenvalue weighted by atomic mass is 16.5. The molecule has 0 spiro atoms. The molecule has 2 aromatic carbocycles. The number of carboxylic acids is 1. The Balaban J connectivity index is 1.42. The van der Waals surface area contributed by atoms with Crippen LogP contribution in [0.15, 0.2) is 79.1 Å². The van der Waals surface area contributed by atoms with Gasteiger partial charge in [-0.2, -0.15) is 5.26 Å². The first-order chi connectivity index (χ1) is 20.4. The number of carbonyl (C=O) groups is 3. The lowest BCUT2D eigenvalue weighted by Crippen LogP contribution is -2.46. The topological polar surface area (TPSA) is 145 Å². The summed E-state index contributed by atoms with van der Waals surface area (Å²) >= 11 is 0. The van der Waals surface area contributed by atoms with Gasteiger partial charge in [0.2, 0.25) is 5.91 Å². The van der Waals surface area contributed by atoms with Crippen molar-refractivity contribution >= 4 is 29.6 Å². The summed E-state index contributed by atoms with van der Waals surface area (Å²) in [7, 11) is 0. The molecule has 1 amide bonds. The molecule has 2 heterocycles. The third kappa shape index (κ3) is 8.93. The Morgan fingerprint density at radius 3 is 2.52 bits per heavy atom. The molecule has 42 heavy (non-hydrogen) atoms. The van der Waals surface area contributed by atoms with E-state index in [0.29, 0.717) is 37.1 Å². The van der Waals surface area contributed by atoms with Crippen LogP contribution in [0.4, 0.5) is 5.69 Å². The number of piperidine rings is 1. The Morgan fingerprint density at radius 1 is 1.10 bits per heavy atom. The summed E-state index contributed by atoms with van der Waals surface area (Å²) in [5.41, 5.74) is 2.60. The maximum Gasteiger partial charge on any atom is 0.308 e. The lowest BCUT2D eigenvalue weighted by molar-refractivity contribution is -0.297. The van der Waals surface area contributed by atoms with Gasteiger partial charge in [0.1, 0.15) is 19.0 Å². The number of rotatable bonds is 12. The maximum atomic E-state index is 13.3. The predicted molar refractivity (Wildman–Crippen MR) is 153 cm³/mol. The van der Waals surface area contributed by atoms with Crippen molar-refractivity contribution in [3.63, 3.8) is 0 Å². The molecule has 1 fully saturated rings. The maximum absolute atomic E-state index is 13.3. The van der Waals surface area contributed by atoms with Crippen molar-refractivity contribution in [2.24, 2.45) is 5.92 Å². The summed E-state index contributed by atoms with van der Waals surface area (Å²) in [6.45, 7) is 1.40. The summed E-state index contributed by atoms with van der Waals surface area (Å²) < 4.78 is 11.4. The van der Waals surface area contributed by atoms with Crippen LogP contribution in [-0.4, -0.2) is 48.6 Å². The molecule has 1 aliphatic heterocycles. The number of carboxylic acid groups (broad SMARTS) is 1. The third-order valence-corrected chi connectivity index (χ3v) is 6.88. The van der Waals surface area contributed by atoms with Crippen LogP contribution < -0.4 is 20.1 Å². The largest absolute Gasteiger partial charge is 0.545 e. The molecule has 1 aliphatic rings. The lowest BCUT2D eigenvalue weighted by Gasteiger charge is -2.33. The van der Waals surface area contributed by atoms with Gasteiger partial charge in [0.25, 0.3) is 0 Å². The zero-order valence-corrected chi connectivity index (χ0v) is 23.0. The number of hydrogen-bond donors (Lipinski definition) is 1. The molecule has 4 rings (SSSR count). The fourth-order valence-corrected chi connectivity index (χ4v) is 4.64. The van der Waals surface area contributed by atoms with E-state index in [-0.39, 0.29) is 37.2 Å². The van der Waals surface area contributed by atoms with Crippen LogP contribution in [-0.2, 0) is 25.7 Å². The average Bonchev–Trinajstić information content (AvgIpc) is 3.02. The Hall–Kier alpha value is -5.17. The number of aromatic nitrogens is 1. The number of hydrogen-bond acceptors (Lipinski definition) is 9. The van der Waals surface area contributed by atoms with Crippen LogP contribution in [0, 0.1) is 17.2 Å². The molecule has 0 aliphatic carbocycles. The Kier molecular flexibility index (Phi) is 10.6. The normalized spacial score (nSPS) is 14.1. The van der Waals surface area contributed by atoms with E-state index in [0.717, 1.165) is 17.3 Å². The molecule has 1 aromatic heterocycles. The molecule has 1 atom stereocenters. The molecule has 0 saturated carbocycles. The van der Waals surface area contributed by atoms with Gasteiger partial charge in [0, 0.05) is 42.7 Å². The number of aliphatic carboxylic acids is 1. The van der Waals surface area contributed by atoms with Crippen LogP contribution in [0.3, 0.4) is 0 Å². The number of benzene rings is 2. The minimum absolute atomic E-state index is 0.0943. The molecule has 216 valence electrons. The number of carbonyl (C=O) groups excluding carboxylic acids is 3. The van der Waals surface area contributed by atoms with Crippen LogP contribution in [0.1, 0.15) is 36.0 Å². The van der Waals surface area contributed by atoms with Crippen molar-refractivity contribution in [3.05, 3.63) is 95.8 Å². The Bertz CT molecular complexity index is 1430. The number of nitriles is 1. The second-order valence-corrected chi connectivity index (χ2v) is 9.85. The fourth-order valence-electron chi connectivity index (χ4n) is 4.64. The van der Waals surface area contributed by atoms with E-state index in [1.54, 1.807) is 18.5 Å². The summed E-state index contributed by atoms with van der Waals surface area (Å²) in [6, 6.07) is 19.0. The third-order valence-electron chi connectivity index (χ3n) is 6.88. The lowest BCUT2D eigenvalue weighted by atomic mass is 9.95. The van der Waals surface area contributed by atoms with Gasteiger partial charge in [0.15, 0.2) is 0 Å². The first-order valence-electron chi connectivity index (χ1n) is 13.6. The van der Waals surface area contributed by atoms with E-state index in [1.165, 1.54) is 18.2 Å². The standard InChI is InChI=1S/C32H32N4O6/c33-20-24-6-7-25(8-9-30(37)38)29(18-24)41-22-27(19-31(39)42-21-23-4-2-1-3-5-23)35-32(40)26-12-16-36(17-13-26)28-10-14-34-15-11-28/h1-11,14-15,18,26-27H,12-13,16-17,19,21-22H2,(H,35,40)(H,37,38)/p-1/b9-8+. The zero-order valence-electron chi connectivity index (χ0n) is 23.0. The predicted octanol–water partition coefficient (Wildman–Crippen LogP) is 2.63. The van der Waals surface area contributed by atoms with Crippen molar-refractivity contribution in [1.29, 1.82) is 5.26 Å². The summed E-state index contributed by atoms with van der Waals surface area (Å²) in [5, 5.41) is 23.2. The molecule has 10 nitrogen and oxygen atoms in total. The molecule has 1 saturated heterocycles. The Labute approximate surface area is 244 Å². The van der Waals surface area contributed by atoms with Gasteiger partial charge in [-0.05, 0) is 60.9 Å². The van der Waals surface area contributed by atoms with Gasteiger partial charge in [-0.25, -0.2) is 0 Å². The second kappa shape index (κ2) is 15.0. The first-order valence-corrected chi connectivity index (χ1v) is 13.6. The van der Waals surface area contributed by atoms with E-state index in [4.69, 9.17) is 9.47 Å². The molecule has 1 N–H and O–H groups in total. The van der Waals surface area contributed by atoms with Crippen LogP contribution >= 0.6 is 0 Å². The fraction of sp³-hybridized carbons (Fsp3) is 0.281. The van der Waals surface area contributed by atoms with Crippen LogP contribution in [0.25, 0.3) is 6.08 Å². The van der Waals surface area contributed by atoms with E-state index in [2.05, 4.69) is 15.2 Å². The minimum atomic E-state index is -1.38. The molecular formula is C32H31N4O6-. The highest BCUT2D eigenvalue weighted by molar-refractivity contribution is 5.84. The number of nitrogens with one attached hydrogen (secondary N) is 1. The zero-order chi connectivity index (χ0) is 29.7. The van der Waals surface area contributed by atoms with Crippen molar-refractivity contribution < 1.29 is 29.0 Å². The number of pyridine rings is 1. The summed E-state index contributed by atoms with van der Waals surface area (Å²) in [5.74, 6) is -2.09. The number of nitrogens with zero attached hydrogens (tertiary/aromatic N) is 3. The van der Waals surface area contributed by atoms with Crippen molar-refractivity contribution in [2.75, 3.05) is 24.6 Å². The van der Waals surface area contributed by atoms with Gasteiger partial charge < -0.3 is 29.6 Å².